The van der Waals surface area contributed by atoms with Gasteiger partial charge in [0.2, 0.25) is 0 Å². The molecule has 1 unspecified atom stereocenters. The van der Waals surface area contributed by atoms with E-state index in [1.54, 1.807) is 32.2 Å². The highest BCUT2D eigenvalue weighted by molar-refractivity contribution is 5.96. The number of rotatable bonds is 5. The molecule has 130 valence electrons. The van der Waals surface area contributed by atoms with Gasteiger partial charge < -0.3 is 20.5 Å². The number of hydrogen-bond acceptors (Lipinski definition) is 4. The molecular weight excluding hydrogens is 316 g/mol. The number of nitrogen functional groups attached to an aromatic ring is 1. The molecule has 5 nitrogen and oxygen atoms in total. The van der Waals surface area contributed by atoms with Gasteiger partial charge >= 0.3 is 0 Å². The van der Waals surface area contributed by atoms with Gasteiger partial charge in [0.05, 0.1) is 24.6 Å². The van der Waals surface area contributed by atoms with Crippen LogP contribution in [-0.4, -0.2) is 25.2 Å². The van der Waals surface area contributed by atoms with E-state index in [0.29, 0.717) is 17.1 Å². The van der Waals surface area contributed by atoms with Crippen molar-refractivity contribution in [2.24, 2.45) is 0 Å². The Kier molecular flexibility index (Phi) is 8.20. The second-order valence-electron chi connectivity index (χ2n) is 5.83. The molecule has 1 fully saturated rings. The van der Waals surface area contributed by atoms with E-state index in [-0.39, 0.29) is 24.4 Å². The quantitative estimate of drug-likeness (QED) is 0.631. The van der Waals surface area contributed by atoms with Crippen molar-refractivity contribution in [3.05, 3.63) is 18.2 Å². The summed E-state index contributed by atoms with van der Waals surface area (Å²) in [5.74, 6) is 0.478. The number of benzene rings is 1. The monoisotopic (exact) mass is 342 g/mol. The van der Waals surface area contributed by atoms with Gasteiger partial charge in [-0.1, -0.05) is 25.7 Å². The molecule has 0 aromatic heterocycles. The summed E-state index contributed by atoms with van der Waals surface area (Å²) in [6.07, 6.45) is 6.67. The summed E-state index contributed by atoms with van der Waals surface area (Å²) in [6, 6.07) is 5.19. The number of ether oxygens (including phenoxy) is 2. The lowest BCUT2D eigenvalue weighted by Crippen LogP contribution is -2.31. The topological polar surface area (TPSA) is 73.6 Å². The number of nitrogens with one attached hydrogen (secondary N) is 1. The van der Waals surface area contributed by atoms with E-state index in [0.717, 1.165) is 12.8 Å². The molecule has 1 amide bonds. The average molecular weight is 343 g/mol. The van der Waals surface area contributed by atoms with Crippen molar-refractivity contribution in [2.75, 3.05) is 18.2 Å². The Balaban J connectivity index is 0.00000264. The summed E-state index contributed by atoms with van der Waals surface area (Å²) < 4.78 is 11.1. The summed E-state index contributed by atoms with van der Waals surface area (Å²) in [5.41, 5.74) is 6.95. The van der Waals surface area contributed by atoms with Crippen LogP contribution in [0.25, 0.3) is 0 Å². The minimum absolute atomic E-state index is 0. The smallest absolute Gasteiger partial charge is 0.253 e. The van der Waals surface area contributed by atoms with Gasteiger partial charge in [0, 0.05) is 6.07 Å². The Hall–Kier alpha value is -1.46. The highest BCUT2D eigenvalue weighted by Crippen LogP contribution is 2.25. The highest BCUT2D eigenvalue weighted by Gasteiger charge is 2.21. The van der Waals surface area contributed by atoms with Crippen LogP contribution in [0.2, 0.25) is 0 Å². The molecule has 1 aliphatic carbocycles. The minimum atomic E-state index is -0.492. The average Bonchev–Trinajstić information content (AvgIpc) is 2.78. The first-order chi connectivity index (χ1) is 10.6. The van der Waals surface area contributed by atoms with Crippen molar-refractivity contribution in [3.63, 3.8) is 0 Å². The third-order valence-electron chi connectivity index (χ3n) is 4.09. The van der Waals surface area contributed by atoms with Crippen molar-refractivity contribution >= 4 is 29.7 Å². The first-order valence-electron chi connectivity index (χ1n) is 8.00. The Morgan fingerprint density at radius 3 is 2.52 bits per heavy atom. The predicted octanol–water partition coefficient (Wildman–Crippen LogP) is 3.77. The van der Waals surface area contributed by atoms with Crippen molar-refractivity contribution in [1.29, 1.82) is 0 Å². The number of amides is 1. The van der Waals surface area contributed by atoms with Crippen molar-refractivity contribution in [2.45, 2.75) is 57.7 Å². The lowest BCUT2D eigenvalue weighted by Gasteiger charge is -2.21. The summed E-state index contributed by atoms with van der Waals surface area (Å²) in [5, 5.41) is 2.82. The van der Waals surface area contributed by atoms with E-state index in [1.165, 1.54) is 25.7 Å². The van der Waals surface area contributed by atoms with Crippen LogP contribution in [0.3, 0.4) is 0 Å². The van der Waals surface area contributed by atoms with Gasteiger partial charge in [0.1, 0.15) is 11.9 Å². The van der Waals surface area contributed by atoms with Crippen molar-refractivity contribution in [3.8, 4) is 5.75 Å². The Morgan fingerprint density at radius 1 is 1.26 bits per heavy atom. The van der Waals surface area contributed by atoms with E-state index in [9.17, 15) is 4.79 Å². The third kappa shape index (κ3) is 5.92. The summed E-state index contributed by atoms with van der Waals surface area (Å²) in [6.45, 7) is 1.79. The van der Waals surface area contributed by atoms with Crippen LogP contribution in [0.4, 0.5) is 11.4 Å². The molecule has 0 aliphatic heterocycles. The fraction of sp³-hybridized carbons (Fsp3) is 0.588. The molecule has 0 bridgehead atoms. The van der Waals surface area contributed by atoms with Crippen LogP contribution >= 0.6 is 12.4 Å². The first-order valence-corrected chi connectivity index (χ1v) is 8.00. The largest absolute Gasteiger partial charge is 0.497 e. The lowest BCUT2D eigenvalue weighted by molar-refractivity contribution is -0.130. The van der Waals surface area contributed by atoms with Crippen LogP contribution in [0.15, 0.2) is 18.2 Å². The molecule has 1 atom stereocenters. The van der Waals surface area contributed by atoms with Crippen molar-refractivity contribution in [1.82, 2.24) is 0 Å². The molecule has 0 saturated heterocycles. The number of hydrogen-bond donors (Lipinski definition) is 2. The number of anilines is 2. The number of carbonyl (C=O) groups excluding carboxylic acids is 1. The Labute approximate surface area is 144 Å². The van der Waals surface area contributed by atoms with Crippen LogP contribution in [0.1, 0.15) is 45.4 Å². The van der Waals surface area contributed by atoms with E-state index in [1.807, 2.05) is 0 Å². The molecule has 6 heteroatoms. The van der Waals surface area contributed by atoms with E-state index in [4.69, 9.17) is 15.2 Å². The minimum Gasteiger partial charge on any atom is -0.497 e. The first kappa shape index (κ1) is 19.6. The van der Waals surface area contributed by atoms with Gasteiger partial charge in [-0.05, 0) is 31.9 Å². The second-order valence-corrected chi connectivity index (χ2v) is 5.83. The fourth-order valence-electron chi connectivity index (χ4n) is 2.73. The Morgan fingerprint density at radius 2 is 1.91 bits per heavy atom. The normalized spacial score (nSPS) is 16.8. The third-order valence-corrected chi connectivity index (χ3v) is 4.09. The van der Waals surface area contributed by atoms with Crippen LogP contribution in [0, 0.1) is 0 Å². The zero-order chi connectivity index (χ0) is 15.9. The zero-order valence-corrected chi connectivity index (χ0v) is 14.7. The van der Waals surface area contributed by atoms with Gasteiger partial charge in [0.25, 0.3) is 5.91 Å². The lowest BCUT2D eigenvalue weighted by atomic mass is 10.1. The molecule has 23 heavy (non-hydrogen) atoms. The number of halogens is 1. The maximum absolute atomic E-state index is 12.3. The molecule has 0 spiro atoms. The summed E-state index contributed by atoms with van der Waals surface area (Å²) in [7, 11) is 1.58. The number of methoxy groups -OCH3 is 1. The van der Waals surface area contributed by atoms with E-state index in [2.05, 4.69) is 5.32 Å². The number of nitrogens with two attached hydrogens (primary N) is 1. The molecule has 0 radical (unpaired) electrons. The molecule has 2 rings (SSSR count). The molecular formula is C17H27ClN2O3. The highest BCUT2D eigenvalue weighted by atomic mass is 35.5. The van der Waals surface area contributed by atoms with Gasteiger partial charge in [-0.15, -0.1) is 12.4 Å². The van der Waals surface area contributed by atoms with Crippen LogP contribution in [-0.2, 0) is 9.53 Å². The summed E-state index contributed by atoms with van der Waals surface area (Å²) in [4.78, 5) is 12.3. The predicted molar refractivity (Wildman–Crippen MR) is 95.3 cm³/mol. The molecule has 1 saturated carbocycles. The molecule has 1 aromatic rings. The van der Waals surface area contributed by atoms with Gasteiger partial charge in [0.15, 0.2) is 0 Å². The number of carbonyl (C=O) groups is 1. The standard InChI is InChI=1S/C17H26N2O3.ClH/c1-12(22-13-7-5-3-4-6-8-13)17(20)19-16-11-14(21-2)9-10-15(16)18;/h9-13H,3-8,18H2,1-2H3,(H,19,20);1H. The van der Waals surface area contributed by atoms with Crippen LogP contribution in [0.5, 0.6) is 5.75 Å². The molecule has 1 aromatic carbocycles. The van der Waals surface area contributed by atoms with E-state index < -0.39 is 6.10 Å². The van der Waals surface area contributed by atoms with E-state index >= 15 is 0 Å². The zero-order valence-electron chi connectivity index (χ0n) is 13.8. The fourth-order valence-corrected chi connectivity index (χ4v) is 2.73. The molecule has 1 aliphatic rings. The van der Waals surface area contributed by atoms with Gasteiger partial charge in [-0.3, -0.25) is 4.79 Å². The van der Waals surface area contributed by atoms with Crippen molar-refractivity contribution < 1.29 is 14.3 Å². The second kappa shape index (κ2) is 9.63. The van der Waals surface area contributed by atoms with Gasteiger partial charge in [-0.2, -0.15) is 0 Å². The maximum atomic E-state index is 12.3. The Bertz CT molecular complexity index is 503. The van der Waals surface area contributed by atoms with Crippen LogP contribution < -0.4 is 15.8 Å². The maximum Gasteiger partial charge on any atom is 0.253 e. The summed E-state index contributed by atoms with van der Waals surface area (Å²) >= 11 is 0. The molecule has 3 N–H and O–H groups in total. The van der Waals surface area contributed by atoms with Gasteiger partial charge in [-0.25, -0.2) is 0 Å². The SMILES string of the molecule is COc1ccc(N)c(NC(=O)C(C)OC2CCCCCC2)c1.Cl. The molecule has 0 heterocycles.